The lowest BCUT2D eigenvalue weighted by atomic mass is 9.90. The highest BCUT2D eigenvalue weighted by molar-refractivity contribution is 7.09. The SMILES string of the molecule is NC1(c2nccs2)CCCN(Cc2ccccc2)C1. The van der Waals surface area contributed by atoms with Crippen molar-refractivity contribution >= 4 is 11.3 Å². The van der Waals surface area contributed by atoms with Gasteiger partial charge < -0.3 is 5.73 Å². The fourth-order valence-corrected chi connectivity index (χ4v) is 3.57. The summed E-state index contributed by atoms with van der Waals surface area (Å²) in [4.78, 5) is 6.86. The molecule has 1 aromatic heterocycles. The van der Waals surface area contributed by atoms with Crippen LogP contribution in [0.1, 0.15) is 23.4 Å². The first-order valence-electron chi connectivity index (χ1n) is 6.71. The van der Waals surface area contributed by atoms with Crippen molar-refractivity contribution in [2.75, 3.05) is 13.1 Å². The largest absolute Gasteiger partial charge is 0.318 e. The molecule has 1 aliphatic heterocycles. The third kappa shape index (κ3) is 2.86. The Kier molecular flexibility index (Phi) is 3.64. The Hall–Kier alpha value is -1.23. The molecule has 2 N–H and O–H groups in total. The molecule has 4 heteroatoms. The number of rotatable bonds is 3. The number of nitrogens with two attached hydrogens (primary N) is 1. The number of nitrogens with zero attached hydrogens (tertiary/aromatic N) is 2. The minimum absolute atomic E-state index is 0.263. The van der Waals surface area contributed by atoms with E-state index < -0.39 is 0 Å². The third-order valence-corrected chi connectivity index (χ3v) is 4.70. The van der Waals surface area contributed by atoms with Crippen LogP contribution in [0.4, 0.5) is 0 Å². The number of benzene rings is 1. The summed E-state index contributed by atoms with van der Waals surface area (Å²) in [6, 6.07) is 10.6. The average molecular weight is 273 g/mol. The fraction of sp³-hybridized carbons (Fsp3) is 0.400. The van der Waals surface area contributed by atoms with Gasteiger partial charge in [-0.2, -0.15) is 0 Å². The van der Waals surface area contributed by atoms with E-state index in [4.69, 9.17) is 5.73 Å². The molecule has 100 valence electrons. The second-order valence-corrected chi connectivity index (χ2v) is 6.19. The van der Waals surface area contributed by atoms with Gasteiger partial charge in [-0.05, 0) is 24.9 Å². The van der Waals surface area contributed by atoms with Crippen LogP contribution >= 0.6 is 11.3 Å². The van der Waals surface area contributed by atoms with Crippen molar-refractivity contribution in [2.24, 2.45) is 5.73 Å². The van der Waals surface area contributed by atoms with E-state index in [1.54, 1.807) is 11.3 Å². The van der Waals surface area contributed by atoms with Crippen LogP contribution in [-0.2, 0) is 12.1 Å². The third-order valence-electron chi connectivity index (χ3n) is 3.71. The standard InChI is InChI=1S/C15H19N3S/c16-15(14-17-8-10-19-14)7-4-9-18(12-15)11-13-5-2-1-3-6-13/h1-3,5-6,8,10H,4,7,9,11-12,16H2. The first-order chi connectivity index (χ1) is 9.26. The highest BCUT2D eigenvalue weighted by atomic mass is 32.1. The summed E-state index contributed by atoms with van der Waals surface area (Å²) in [6.45, 7) is 3.00. The Bertz CT molecular complexity index is 511. The molecular formula is C15H19N3S. The fourth-order valence-electron chi connectivity index (χ4n) is 2.80. The van der Waals surface area contributed by atoms with Crippen molar-refractivity contribution < 1.29 is 0 Å². The van der Waals surface area contributed by atoms with Gasteiger partial charge in [0.05, 0.1) is 5.54 Å². The smallest absolute Gasteiger partial charge is 0.114 e. The summed E-state index contributed by atoms with van der Waals surface area (Å²) < 4.78 is 0. The van der Waals surface area contributed by atoms with Gasteiger partial charge in [0.15, 0.2) is 0 Å². The minimum Gasteiger partial charge on any atom is -0.318 e. The Balaban J connectivity index is 1.72. The lowest BCUT2D eigenvalue weighted by Gasteiger charge is -2.39. The zero-order valence-corrected chi connectivity index (χ0v) is 11.8. The van der Waals surface area contributed by atoms with E-state index in [0.29, 0.717) is 0 Å². The van der Waals surface area contributed by atoms with E-state index in [-0.39, 0.29) is 5.54 Å². The molecule has 19 heavy (non-hydrogen) atoms. The van der Waals surface area contributed by atoms with Crippen LogP contribution in [0.3, 0.4) is 0 Å². The predicted octanol–water partition coefficient (Wildman–Crippen LogP) is 2.59. The van der Waals surface area contributed by atoms with Crippen LogP contribution in [0.2, 0.25) is 0 Å². The molecule has 1 fully saturated rings. The molecular weight excluding hydrogens is 254 g/mol. The second-order valence-electron chi connectivity index (χ2n) is 5.29. The maximum Gasteiger partial charge on any atom is 0.114 e. The van der Waals surface area contributed by atoms with Crippen molar-refractivity contribution in [1.82, 2.24) is 9.88 Å². The molecule has 1 aliphatic rings. The van der Waals surface area contributed by atoms with Gasteiger partial charge in [-0.25, -0.2) is 4.98 Å². The first kappa shape index (κ1) is 12.8. The van der Waals surface area contributed by atoms with Crippen LogP contribution in [0.25, 0.3) is 0 Å². The monoisotopic (exact) mass is 273 g/mol. The van der Waals surface area contributed by atoms with Gasteiger partial charge in [0.1, 0.15) is 5.01 Å². The molecule has 2 heterocycles. The number of likely N-dealkylation sites (tertiary alicyclic amines) is 1. The maximum absolute atomic E-state index is 6.58. The van der Waals surface area contributed by atoms with Crippen LogP contribution < -0.4 is 5.73 Å². The van der Waals surface area contributed by atoms with Gasteiger partial charge in [-0.1, -0.05) is 30.3 Å². The van der Waals surface area contributed by atoms with Crippen molar-refractivity contribution in [1.29, 1.82) is 0 Å². The molecule has 0 aliphatic carbocycles. The summed E-state index contributed by atoms with van der Waals surface area (Å²) in [5, 5.41) is 3.09. The van der Waals surface area contributed by atoms with E-state index in [0.717, 1.165) is 37.5 Å². The zero-order valence-electron chi connectivity index (χ0n) is 11.0. The quantitative estimate of drug-likeness (QED) is 0.934. The molecule has 3 nitrogen and oxygen atoms in total. The van der Waals surface area contributed by atoms with Crippen molar-refractivity contribution in [3.8, 4) is 0 Å². The summed E-state index contributed by atoms with van der Waals surface area (Å²) in [5.74, 6) is 0. The van der Waals surface area contributed by atoms with E-state index in [1.165, 1.54) is 5.56 Å². The van der Waals surface area contributed by atoms with Crippen LogP contribution in [-0.4, -0.2) is 23.0 Å². The second kappa shape index (κ2) is 5.41. The first-order valence-corrected chi connectivity index (χ1v) is 7.59. The Morgan fingerprint density at radius 2 is 2.16 bits per heavy atom. The summed E-state index contributed by atoms with van der Waals surface area (Å²) >= 11 is 1.67. The van der Waals surface area contributed by atoms with Crippen molar-refractivity contribution in [2.45, 2.75) is 24.9 Å². The molecule has 3 rings (SSSR count). The van der Waals surface area contributed by atoms with Crippen LogP contribution in [0, 0.1) is 0 Å². The van der Waals surface area contributed by atoms with Crippen molar-refractivity contribution in [3.63, 3.8) is 0 Å². The molecule has 1 unspecified atom stereocenters. The van der Waals surface area contributed by atoms with Crippen LogP contribution in [0.15, 0.2) is 41.9 Å². The van der Waals surface area contributed by atoms with Gasteiger partial charge >= 0.3 is 0 Å². The highest BCUT2D eigenvalue weighted by Gasteiger charge is 2.35. The van der Waals surface area contributed by atoms with E-state index in [9.17, 15) is 0 Å². The molecule has 1 saturated heterocycles. The Labute approximate surface area is 118 Å². The molecule has 0 bridgehead atoms. The van der Waals surface area contributed by atoms with Crippen molar-refractivity contribution in [3.05, 3.63) is 52.5 Å². The predicted molar refractivity (Wildman–Crippen MR) is 78.9 cm³/mol. The lowest BCUT2D eigenvalue weighted by Crippen LogP contribution is -2.51. The number of aromatic nitrogens is 1. The van der Waals surface area contributed by atoms with Gasteiger partial charge in [-0.15, -0.1) is 11.3 Å². The normalized spacial score (nSPS) is 24.5. The van der Waals surface area contributed by atoms with E-state index >= 15 is 0 Å². The number of hydrogen-bond acceptors (Lipinski definition) is 4. The summed E-state index contributed by atoms with van der Waals surface area (Å²) in [5.41, 5.74) is 7.67. The molecule has 0 spiro atoms. The summed E-state index contributed by atoms with van der Waals surface area (Å²) in [7, 11) is 0. The molecule has 0 saturated carbocycles. The Morgan fingerprint density at radius 1 is 1.32 bits per heavy atom. The van der Waals surface area contributed by atoms with E-state index in [1.807, 2.05) is 11.6 Å². The summed E-state index contributed by atoms with van der Waals surface area (Å²) in [6.07, 6.45) is 4.03. The lowest BCUT2D eigenvalue weighted by molar-refractivity contribution is 0.142. The number of thiazole rings is 1. The molecule has 0 amide bonds. The van der Waals surface area contributed by atoms with Gasteiger partial charge in [0, 0.05) is 24.7 Å². The van der Waals surface area contributed by atoms with Gasteiger partial charge in [0.25, 0.3) is 0 Å². The molecule has 2 aromatic rings. The molecule has 1 aromatic carbocycles. The highest BCUT2D eigenvalue weighted by Crippen LogP contribution is 2.30. The number of piperidine rings is 1. The number of hydrogen-bond donors (Lipinski definition) is 1. The molecule has 1 atom stereocenters. The Morgan fingerprint density at radius 3 is 2.89 bits per heavy atom. The van der Waals surface area contributed by atoms with Gasteiger partial charge in [0.2, 0.25) is 0 Å². The zero-order chi connectivity index (χ0) is 13.1. The minimum atomic E-state index is -0.263. The molecule has 0 radical (unpaired) electrons. The van der Waals surface area contributed by atoms with Gasteiger partial charge in [-0.3, -0.25) is 4.90 Å². The topological polar surface area (TPSA) is 42.1 Å². The van der Waals surface area contributed by atoms with Crippen LogP contribution in [0.5, 0.6) is 0 Å². The van der Waals surface area contributed by atoms with E-state index in [2.05, 4.69) is 40.2 Å². The average Bonchev–Trinajstić information content (AvgIpc) is 2.95. The maximum atomic E-state index is 6.58.